The minimum absolute atomic E-state index is 0.00401. The lowest BCUT2D eigenvalue weighted by Crippen LogP contribution is -2.17. The predicted molar refractivity (Wildman–Crippen MR) is 118 cm³/mol. The third kappa shape index (κ3) is 4.00. The smallest absolute Gasteiger partial charge is 0.235 e. The topological polar surface area (TPSA) is 65.7 Å². The zero-order valence-corrected chi connectivity index (χ0v) is 17.6. The van der Waals surface area contributed by atoms with Crippen LogP contribution in [0.1, 0.15) is 10.4 Å². The number of carbonyl (C=O) groups is 1. The Morgan fingerprint density at radius 2 is 1.67 bits per heavy atom. The molecule has 150 valence electrons. The van der Waals surface area contributed by atoms with Gasteiger partial charge in [0.15, 0.2) is 18.2 Å². The standard InChI is InChI=1S/C24H17BrO5/c1-28-18-12-8-16(9-13-18)23-24(22(27)19-4-2-3-5-21(19)30-23)29-14-20(26)15-6-10-17(25)11-7-15/h2-13H,14H2,1H3. The van der Waals surface area contributed by atoms with E-state index >= 15 is 0 Å². The highest BCUT2D eigenvalue weighted by Gasteiger charge is 2.19. The Hall–Kier alpha value is -3.38. The van der Waals surface area contributed by atoms with Crippen LogP contribution < -0.4 is 14.9 Å². The fraction of sp³-hybridized carbons (Fsp3) is 0.0833. The Morgan fingerprint density at radius 3 is 2.37 bits per heavy atom. The van der Waals surface area contributed by atoms with E-state index in [-0.39, 0.29) is 29.3 Å². The van der Waals surface area contributed by atoms with Gasteiger partial charge in [0.1, 0.15) is 11.3 Å². The highest BCUT2D eigenvalue weighted by atomic mass is 79.9. The van der Waals surface area contributed by atoms with Crippen molar-refractivity contribution in [3.05, 3.63) is 93.1 Å². The van der Waals surface area contributed by atoms with E-state index < -0.39 is 0 Å². The minimum atomic E-state index is -0.328. The van der Waals surface area contributed by atoms with Crippen LogP contribution >= 0.6 is 15.9 Å². The van der Waals surface area contributed by atoms with Crippen molar-refractivity contribution < 1.29 is 18.7 Å². The number of rotatable bonds is 6. The van der Waals surface area contributed by atoms with E-state index in [9.17, 15) is 9.59 Å². The van der Waals surface area contributed by atoms with Crippen LogP contribution in [-0.2, 0) is 0 Å². The lowest BCUT2D eigenvalue weighted by Gasteiger charge is -2.12. The monoisotopic (exact) mass is 464 g/mol. The maximum Gasteiger partial charge on any atom is 0.235 e. The zero-order chi connectivity index (χ0) is 21.1. The summed E-state index contributed by atoms with van der Waals surface area (Å²) in [7, 11) is 1.58. The Morgan fingerprint density at radius 1 is 0.967 bits per heavy atom. The van der Waals surface area contributed by atoms with Gasteiger partial charge < -0.3 is 13.9 Å². The molecule has 1 heterocycles. The molecule has 0 saturated carbocycles. The average molecular weight is 465 g/mol. The van der Waals surface area contributed by atoms with Crippen molar-refractivity contribution in [2.75, 3.05) is 13.7 Å². The van der Waals surface area contributed by atoms with Crippen LogP contribution in [0.3, 0.4) is 0 Å². The second-order valence-electron chi connectivity index (χ2n) is 6.53. The molecule has 1 aromatic heterocycles. The molecular formula is C24H17BrO5. The van der Waals surface area contributed by atoms with E-state index in [0.717, 1.165) is 4.47 Å². The van der Waals surface area contributed by atoms with Crippen LogP contribution in [0, 0.1) is 0 Å². The molecule has 0 bridgehead atoms. The van der Waals surface area contributed by atoms with Crippen LogP contribution in [0.5, 0.6) is 11.5 Å². The number of ketones is 1. The molecule has 0 amide bonds. The molecule has 30 heavy (non-hydrogen) atoms. The van der Waals surface area contributed by atoms with E-state index in [4.69, 9.17) is 13.9 Å². The summed E-state index contributed by atoms with van der Waals surface area (Å²) >= 11 is 3.34. The van der Waals surface area contributed by atoms with Crippen molar-refractivity contribution in [1.82, 2.24) is 0 Å². The second-order valence-corrected chi connectivity index (χ2v) is 7.45. The van der Waals surface area contributed by atoms with Gasteiger partial charge in [-0.25, -0.2) is 0 Å². The van der Waals surface area contributed by atoms with Crippen molar-refractivity contribution in [3.8, 4) is 22.8 Å². The summed E-state index contributed by atoms with van der Waals surface area (Å²) in [5.41, 5.74) is 1.25. The minimum Gasteiger partial charge on any atom is -0.497 e. The first kappa shape index (κ1) is 19.9. The first-order valence-electron chi connectivity index (χ1n) is 9.18. The van der Waals surface area contributed by atoms with E-state index in [2.05, 4.69) is 15.9 Å². The number of fused-ring (bicyclic) bond motifs is 1. The average Bonchev–Trinajstić information content (AvgIpc) is 2.78. The first-order valence-corrected chi connectivity index (χ1v) is 9.98. The first-order chi connectivity index (χ1) is 14.6. The Bertz CT molecular complexity index is 1260. The van der Waals surface area contributed by atoms with Crippen LogP contribution in [0.4, 0.5) is 0 Å². The van der Waals surface area contributed by atoms with Gasteiger partial charge in [0.05, 0.1) is 12.5 Å². The number of ether oxygens (including phenoxy) is 2. The molecule has 4 rings (SSSR count). The molecule has 0 unspecified atom stereocenters. The normalized spacial score (nSPS) is 10.7. The molecule has 0 aliphatic rings. The molecule has 0 aliphatic carbocycles. The van der Waals surface area contributed by atoms with Crippen LogP contribution in [0.15, 0.2) is 86.5 Å². The van der Waals surface area contributed by atoms with Gasteiger partial charge >= 0.3 is 0 Å². The number of carbonyl (C=O) groups excluding carboxylic acids is 1. The number of methoxy groups -OCH3 is 1. The van der Waals surface area contributed by atoms with Gasteiger partial charge in [-0.05, 0) is 48.5 Å². The second kappa shape index (κ2) is 8.55. The predicted octanol–water partition coefficient (Wildman–Crippen LogP) is 5.49. The van der Waals surface area contributed by atoms with Gasteiger partial charge in [-0.3, -0.25) is 9.59 Å². The number of para-hydroxylation sites is 1. The summed E-state index contributed by atoms with van der Waals surface area (Å²) in [6, 6.07) is 21.0. The molecule has 0 radical (unpaired) electrons. The van der Waals surface area contributed by atoms with Crippen molar-refractivity contribution in [1.29, 1.82) is 0 Å². The highest BCUT2D eigenvalue weighted by molar-refractivity contribution is 9.10. The summed E-state index contributed by atoms with van der Waals surface area (Å²) in [6.07, 6.45) is 0. The summed E-state index contributed by atoms with van der Waals surface area (Å²) in [5, 5.41) is 0.390. The molecule has 5 nitrogen and oxygen atoms in total. The Labute approximate surface area is 181 Å². The molecule has 0 spiro atoms. The molecule has 0 aliphatic heterocycles. The maximum absolute atomic E-state index is 13.1. The van der Waals surface area contributed by atoms with E-state index in [0.29, 0.717) is 27.8 Å². The number of hydrogen-bond acceptors (Lipinski definition) is 5. The molecule has 4 aromatic rings. The summed E-state index contributed by atoms with van der Waals surface area (Å²) < 4.78 is 17.8. The van der Waals surface area contributed by atoms with Gasteiger partial charge in [0.25, 0.3) is 0 Å². The third-order valence-corrected chi connectivity index (χ3v) is 5.15. The van der Waals surface area contributed by atoms with Gasteiger partial charge in [-0.1, -0.05) is 40.2 Å². The molecular weight excluding hydrogens is 448 g/mol. The fourth-order valence-corrected chi connectivity index (χ4v) is 3.31. The van der Waals surface area contributed by atoms with Crippen LogP contribution in [0.25, 0.3) is 22.3 Å². The largest absolute Gasteiger partial charge is 0.497 e. The molecule has 0 atom stereocenters. The van der Waals surface area contributed by atoms with Crippen LogP contribution in [-0.4, -0.2) is 19.5 Å². The number of Topliss-reactive ketones (excluding diaryl/α,β-unsaturated/α-hetero) is 1. The number of hydrogen-bond donors (Lipinski definition) is 0. The molecule has 3 aromatic carbocycles. The Balaban J connectivity index is 1.74. The maximum atomic E-state index is 13.1. The number of halogens is 1. The van der Waals surface area contributed by atoms with E-state index in [1.165, 1.54) is 0 Å². The van der Waals surface area contributed by atoms with Gasteiger partial charge in [-0.2, -0.15) is 0 Å². The van der Waals surface area contributed by atoms with Crippen molar-refractivity contribution >= 4 is 32.7 Å². The molecule has 0 N–H and O–H groups in total. The quantitative estimate of drug-likeness (QED) is 0.352. The van der Waals surface area contributed by atoms with Crippen molar-refractivity contribution in [2.45, 2.75) is 0 Å². The zero-order valence-electron chi connectivity index (χ0n) is 16.1. The van der Waals surface area contributed by atoms with Gasteiger partial charge in [-0.15, -0.1) is 0 Å². The van der Waals surface area contributed by atoms with Gasteiger partial charge in [0.2, 0.25) is 11.2 Å². The molecule has 0 fully saturated rings. The third-order valence-electron chi connectivity index (χ3n) is 4.62. The molecule has 0 saturated heterocycles. The van der Waals surface area contributed by atoms with Crippen LogP contribution in [0.2, 0.25) is 0 Å². The summed E-state index contributed by atoms with van der Waals surface area (Å²) in [5.74, 6) is 0.708. The highest BCUT2D eigenvalue weighted by Crippen LogP contribution is 2.32. The van der Waals surface area contributed by atoms with Gasteiger partial charge in [0, 0.05) is 15.6 Å². The summed E-state index contributed by atoms with van der Waals surface area (Å²) in [4.78, 5) is 25.7. The molecule has 6 heteroatoms. The van der Waals surface area contributed by atoms with Crippen molar-refractivity contribution in [3.63, 3.8) is 0 Å². The van der Waals surface area contributed by atoms with Crippen molar-refractivity contribution in [2.24, 2.45) is 0 Å². The van der Waals surface area contributed by atoms with E-state index in [1.54, 1.807) is 79.9 Å². The SMILES string of the molecule is COc1ccc(-c2oc3ccccc3c(=O)c2OCC(=O)c2ccc(Br)cc2)cc1. The fourth-order valence-electron chi connectivity index (χ4n) is 3.05. The lowest BCUT2D eigenvalue weighted by atomic mass is 10.1. The lowest BCUT2D eigenvalue weighted by molar-refractivity contribution is 0.0920. The van der Waals surface area contributed by atoms with E-state index in [1.807, 2.05) is 0 Å². The summed E-state index contributed by atoms with van der Waals surface area (Å²) in [6.45, 7) is -0.284. The Kier molecular flexibility index (Phi) is 5.68. The number of benzene rings is 3.